The Hall–Kier alpha value is -2.96. The van der Waals surface area contributed by atoms with Crippen LogP contribution in [0.25, 0.3) is 0 Å². The second kappa shape index (κ2) is 7.34. The molecule has 1 saturated heterocycles. The van der Waals surface area contributed by atoms with Crippen LogP contribution in [0.2, 0.25) is 0 Å². The van der Waals surface area contributed by atoms with Crippen LogP contribution in [0.15, 0.2) is 29.1 Å². The zero-order valence-corrected chi connectivity index (χ0v) is 15.6. The number of benzene rings is 1. The van der Waals surface area contributed by atoms with Crippen molar-refractivity contribution in [3.05, 3.63) is 62.8 Å². The summed E-state index contributed by atoms with van der Waals surface area (Å²) in [6.07, 6.45) is 0.0163. The first kappa shape index (κ1) is 18.8. The Balaban J connectivity index is 1.68. The first-order valence-corrected chi connectivity index (χ1v) is 8.80. The van der Waals surface area contributed by atoms with Crippen LogP contribution in [-0.2, 0) is 16.1 Å². The average molecular weight is 371 g/mol. The number of rotatable bonds is 4. The van der Waals surface area contributed by atoms with Crippen LogP contribution in [0.4, 0.5) is 10.1 Å². The van der Waals surface area contributed by atoms with Crippen molar-refractivity contribution in [3.8, 4) is 0 Å². The van der Waals surface area contributed by atoms with Crippen LogP contribution in [-0.4, -0.2) is 23.3 Å². The van der Waals surface area contributed by atoms with E-state index < -0.39 is 11.7 Å². The number of anilines is 1. The Bertz CT molecular complexity index is 967. The largest absolute Gasteiger partial charge is 0.351 e. The van der Waals surface area contributed by atoms with Gasteiger partial charge in [-0.2, -0.15) is 0 Å². The number of nitrogens with one attached hydrogen (secondary N) is 2. The van der Waals surface area contributed by atoms with Gasteiger partial charge in [0.05, 0.1) is 11.6 Å². The van der Waals surface area contributed by atoms with Gasteiger partial charge in [0.25, 0.3) is 5.56 Å². The topological polar surface area (TPSA) is 82.3 Å². The second-order valence-electron chi connectivity index (χ2n) is 7.02. The van der Waals surface area contributed by atoms with E-state index >= 15 is 0 Å². The molecule has 0 spiro atoms. The fraction of sp³-hybridized carbons (Fsp3) is 0.350. The summed E-state index contributed by atoms with van der Waals surface area (Å²) in [5.74, 6) is -1.67. The highest BCUT2D eigenvalue weighted by atomic mass is 19.1. The maximum absolute atomic E-state index is 14.2. The number of H-pyrrole nitrogens is 1. The monoisotopic (exact) mass is 371 g/mol. The molecule has 1 aromatic heterocycles. The third-order valence-corrected chi connectivity index (χ3v) is 4.82. The first-order valence-electron chi connectivity index (χ1n) is 8.80. The van der Waals surface area contributed by atoms with Crippen molar-refractivity contribution in [3.63, 3.8) is 0 Å². The third kappa shape index (κ3) is 3.92. The summed E-state index contributed by atoms with van der Waals surface area (Å²) in [5.41, 5.74) is 2.74. The minimum Gasteiger partial charge on any atom is -0.351 e. The SMILES string of the molecule is Cc1ccc(N2CC(C(=O)NCc3c(C)cc(C)[nH]c3=O)CC2=O)c(F)c1. The lowest BCUT2D eigenvalue weighted by Gasteiger charge is -2.18. The van der Waals surface area contributed by atoms with Crippen molar-refractivity contribution >= 4 is 17.5 Å². The molecule has 6 nitrogen and oxygen atoms in total. The molecule has 142 valence electrons. The van der Waals surface area contributed by atoms with Crippen molar-refractivity contribution < 1.29 is 14.0 Å². The van der Waals surface area contributed by atoms with Crippen LogP contribution in [0.3, 0.4) is 0 Å². The lowest BCUT2D eigenvalue weighted by Crippen LogP contribution is -2.34. The van der Waals surface area contributed by atoms with Crippen molar-refractivity contribution in [2.45, 2.75) is 33.7 Å². The molecule has 2 amide bonds. The van der Waals surface area contributed by atoms with Gasteiger partial charge in [0.2, 0.25) is 11.8 Å². The molecule has 7 heteroatoms. The van der Waals surface area contributed by atoms with Gasteiger partial charge in [0.15, 0.2) is 0 Å². The number of nitrogens with zero attached hydrogens (tertiary/aromatic N) is 1. The Morgan fingerprint density at radius 3 is 2.67 bits per heavy atom. The number of carbonyl (C=O) groups excluding carboxylic acids is 2. The van der Waals surface area contributed by atoms with E-state index in [1.54, 1.807) is 26.0 Å². The zero-order chi connectivity index (χ0) is 19.7. The summed E-state index contributed by atoms with van der Waals surface area (Å²) in [6.45, 7) is 5.58. The fourth-order valence-electron chi connectivity index (χ4n) is 3.37. The Morgan fingerprint density at radius 1 is 1.26 bits per heavy atom. The van der Waals surface area contributed by atoms with E-state index in [4.69, 9.17) is 0 Å². The standard InChI is InChI=1S/C20H22FN3O3/c1-11-4-5-17(16(21)6-11)24-10-14(8-18(24)25)19(26)22-9-15-12(2)7-13(3)23-20(15)27/h4-7,14H,8-10H2,1-3H3,(H,22,26)(H,23,27). The number of hydrogen-bond donors (Lipinski definition) is 2. The van der Waals surface area contributed by atoms with Gasteiger partial charge in [-0.3, -0.25) is 14.4 Å². The first-order chi connectivity index (χ1) is 12.8. The third-order valence-electron chi connectivity index (χ3n) is 4.82. The maximum atomic E-state index is 14.2. The van der Waals surface area contributed by atoms with Crippen molar-refractivity contribution in [1.82, 2.24) is 10.3 Å². The summed E-state index contributed by atoms with van der Waals surface area (Å²) in [5, 5.41) is 2.73. The van der Waals surface area contributed by atoms with E-state index in [9.17, 15) is 18.8 Å². The molecule has 3 rings (SSSR count). The van der Waals surface area contributed by atoms with Crippen LogP contribution in [0.5, 0.6) is 0 Å². The molecule has 2 aromatic rings. The molecule has 1 fully saturated rings. The van der Waals surface area contributed by atoms with Gasteiger partial charge in [0.1, 0.15) is 5.82 Å². The maximum Gasteiger partial charge on any atom is 0.253 e. The molecule has 0 aliphatic carbocycles. The van der Waals surface area contributed by atoms with Crippen LogP contribution in [0, 0.1) is 32.5 Å². The molecule has 1 aliphatic heterocycles. The average Bonchev–Trinajstić information content (AvgIpc) is 2.95. The highest BCUT2D eigenvalue weighted by Crippen LogP contribution is 2.28. The molecule has 27 heavy (non-hydrogen) atoms. The lowest BCUT2D eigenvalue weighted by atomic mass is 10.1. The molecule has 2 N–H and O–H groups in total. The molecule has 1 atom stereocenters. The molecule has 1 aliphatic rings. The minimum atomic E-state index is -0.581. The highest BCUT2D eigenvalue weighted by molar-refractivity contribution is 6.00. The van der Waals surface area contributed by atoms with Gasteiger partial charge in [-0.1, -0.05) is 6.07 Å². The number of aromatic nitrogens is 1. The number of halogens is 1. The Kier molecular flexibility index (Phi) is 5.12. The van der Waals surface area contributed by atoms with E-state index in [1.165, 1.54) is 11.0 Å². The summed E-state index contributed by atoms with van der Waals surface area (Å²) < 4.78 is 14.2. The zero-order valence-electron chi connectivity index (χ0n) is 15.6. The minimum absolute atomic E-state index is 0.0163. The Morgan fingerprint density at radius 2 is 2.00 bits per heavy atom. The molecule has 0 radical (unpaired) electrons. The highest BCUT2D eigenvalue weighted by Gasteiger charge is 2.36. The number of pyridine rings is 1. The number of aromatic amines is 1. The van der Waals surface area contributed by atoms with Crippen LogP contribution < -0.4 is 15.8 Å². The van der Waals surface area contributed by atoms with Gasteiger partial charge < -0.3 is 15.2 Å². The van der Waals surface area contributed by atoms with Gasteiger partial charge in [-0.15, -0.1) is 0 Å². The van der Waals surface area contributed by atoms with E-state index in [-0.39, 0.29) is 42.6 Å². The molecule has 1 aromatic carbocycles. The van der Waals surface area contributed by atoms with Crippen LogP contribution in [0.1, 0.15) is 28.8 Å². The van der Waals surface area contributed by atoms with Gasteiger partial charge in [-0.25, -0.2) is 4.39 Å². The molecular weight excluding hydrogens is 349 g/mol. The van der Waals surface area contributed by atoms with E-state index in [1.807, 2.05) is 13.0 Å². The van der Waals surface area contributed by atoms with Crippen molar-refractivity contribution in [1.29, 1.82) is 0 Å². The smallest absolute Gasteiger partial charge is 0.253 e. The predicted octanol–water partition coefficient (Wildman–Crippen LogP) is 2.11. The summed E-state index contributed by atoms with van der Waals surface area (Å²) >= 11 is 0. The Labute approximate surface area is 156 Å². The van der Waals surface area contributed by atoms with Crippen LogP contribution >= 0.6 is 0 Å². The summed E-state index contributed by atoms with van der Waals surface area (Å²) in [6, 6.07) is 6.48. The van der Waals surface area contributed by atoms with Crippen molar-refractivity contribution in [2.75, 3.05) is 11.4 Å². The van der Waals surface area contributed by atoms with Gasteiger partial charge in [0, 0.05) is 30.8 Å². The van der Waals surface area contributed by atoms with E-state index in [0.717, 1.165) is 16.8 Å². The number of carbonyl (C=O) groups is 2. The molecule has 0 saturated carbocycles. The second-order valence-corrected chi connectivity index (χ2v) is 7.02. The molecule has 0 bridgehead atoms. The number of hydrogen-bond acceptors (Lipinski definition) is 3. The quantitative estimate of drug-likeness (QED) is 0.864. The normalized spacial score (nSPS) is 16.7. The van der Waals surface area contributed by atoms with Gasteiger partial charge in [-0.05, 0) is 50.1 Å². The summed E-state index contributed by atoms with van der Waals surface area (Å²) in [7, 11) is 0. The molecule has 2 heterocycles. The molecular formula is C20H22FN3O3. The van der Waals surface area contributed by atoms with Gasteiger partial charge >= 0.3 is 0 Å². The summed E-state index contributed by atoms with van der Waals surface area (Å²) in [4.78, 5) is 40.8. The van der Waals surface area contributed by atoms with E-state index in [0.29, 0.717) is 5.56 Å². The van der Waals surface area contributed by atoms with Crippen molar-refractivity contribution in [2.24, 2.45) is 5.92 Å². The number of amides is 2. The lowest BCUT2D eigenvalue weighted by molar-refractivity contribution is -0.126. The fourth-order valence-corrected chi connectivity index (χ4v) is 3.37. The number of aryl methyl sites for hydroxylation is 3. The molecule has 1 unspecified atom stereocenters. The van der Waals surface area contributed by atoms with E-state index in [2.05, 4.69) is 10.3 Å². The predicted molar refractivity (Wildman–Crippen MR) is 100.0 cm³/mol.